The predicted octanol–water partition coefficient (Wildman–Crippen LogP) is 3.70. The fourth-order valence-electron chi connectivity index (χ4n) is 2.24. The van der Waals surface area contributed by atoms with Gasteiger partial charge in [-0.1, -0.05) is 17.7 Å². The fraction of sp³-hybridized carbons (Fsp3) is 0.111. The van der Waals surface area contributed by atoms with Gasteiger partial charge in [0, 0.05) is 22.2 Å². The minimum atomic E-state index is -0.525. The van der Waals surface area contributed by atoms with Crippen molar-refractivity contribution in [3.63, 3.8) is 0 Å². The van der Waals surface area contributed by atoms with E-state index in [1.165, 1.54) is 0 Å². The Hall–Kier alpha value is -2.79. The number of halogens is 1. The highest BCUT2D eigenvalue weighted by atomic mass is 35.5. The van der Waals surface area contributed by atoms with Crippen LogP contribution < -0.4 is 9.47 Å². The third-order valence-corrected chi connectivity index (χ3v) is 3.66. The first-order valence-corrected chi connectivity index (χ1v) is 7.49. The lowest BCUT2D eigenvalue weighted by molar-refractivity contribution is -0.129. The Labute approximate surface area is 144 Å². The van der Waals surface area contributed by atoms with Crippen LogP contribution in [0, 0.1) is 0 Å². The smallest absolute Gasteiger partial charge is 0.363 e. The Balaban J connectivity index is 1.97. The third kappa shape index (κ3) is 3.26. The summed E-state index contributed by atoms with van der Waals surface area (Å²) in [6, 6.07) is 12.2. The maximum atomic E-state index is 12.1. The van der Waals surface area contributed by atoms with E-state index in [0.717, 1.165) is 0 Å². The zero-order valence-electron chi connectivity index (χ0n) is 13.1. The quantitative estimate of drug-likeness (QED) is 0.627. The lowest BCUT2D eigenvalue weighted by atomic mass is 10.1. The molecular weight excluding hydrogens is 330 g/mol. The predicted molar refractivity (Wildman–Crippen MR) is 91.6 cm³/mol. The molecule has 2 aromatic carbocycles. The Morgan fingerprint density at radius 1 is 1.12 bits per heavy atom. The van der Waals surface area contributed by atoms with E-state index in [2.05, 4.69) is 4.99 Å². The number of benzene rings is 2. The van der Waals surface area contributed by atoms with Gasteiger partial charge in [0.15, 0.2) is 5.70 Å². The van der Waals surface area contributed by atoms with Crippen molar-refractivity contribution in [3.05, 3.63) is 64.3 Å². The van der Waals surface area contributed by atoms with Crippen molar-refractivity contribution in [2.24, 2.45) is 4.99 Å². The number of carbonyl (C=O) groups excluding carboxylic acids is 1. The van der Waals surface area contributed by atoms with Gasteiger partial charge in [-0.2, -0.15) is 0 Å². The molecule has 0 aromatic heterocycles. The van der Waals surface area contributed by atoms with Crippen molar-refractivity contribution in [2.45, 2.75) is 0 Å². The van der Waals surface area contributed by atoms with Gasteiger partial charge in [-0.3, -0.25) is 0 Å². The molecule has 0 saturated carbocycles. The van der Waals surface area contributed by atoms with Gasteiger partial charge in [0.25, 0.3) is 0 Å². The fourth-order valence-corrected chi connectivity index (χ4v) is 2.43. The number of methoxy groups -OCH3 is 2. The van der Waals surface area contributed by atoms with Gasteiger partial charge in [-0.15, -0.1) is 0 Å². The zero-order chi connectivity index (χ0) is 17.1. The first-order valence-electron chi connectivity index (χ1n) is 7.11. The Morgan fingerprint density at radius 2 is 1.96 bits per heavy atom. The molecule has 0 amide bonds. The molecule has 0 radical (unpaired) electrons. The molecule has 24 heavy (non-hydrogen) atoms. The lowest BCUT2D eigenvalue weighted by Crippen LogP contribution is -2.05. The molecule has 0 saturated heterocycles. The summed E-state index contributed by atoms with van der Waals surface area (Å²) in [7, 11) is 3.12. The van der Waals surface area contributed by atoms with Crippen LogP contribution in [-0.2, 0) is 9.53 Å². The van der Waals surface area contributed by atoms with E-state index < -0.39 is 5.97 Å². The molecule has 1 aliphatic rings. The van der Waals surface area contributed by atoms with Crippen LogP contribution in [0.1, 0.15) is 11.1 Å². The molecule has 0 bridgehead atoms. The molecule has 2 aromatic rings. The number of carbonyl (C=O) groups is 1. The van der Waals surface area contributed by atoms with Crippen molar-refractivity contribution in [3.8, 4) is 11.5 Å². The molecule has 0 unspecified atom stereocenters. The van der Waals surface area contributed by atoms with Gasteiger partial charge >= 0.3 is 5.97 Å². The molecule has 0 fully saturated rings. The first kappa shape index (κ1) is 16.1. The highest BCUT2D eigenvalue weighted by Gasteiger charge is 2.24. The SMILES string of the molecule is COc1ccc(/C=C2\N=C(c3cccc(Cl)c3)OC2=O)c(OC)c1. The molecule has 3 rings (SSSR count). The van der Waals surface area contributed by atoms with Crippen LogP contribution in [0.3, 0.4) is 0 Å². The van der Waals surface area contributed by atoms with E-state index >= 15 is 0 Å². The number of rotatable bonds is 4. The van der Waals surface area contributed by atoms with Crippen LogP contribution in [0.15, 0.2) is 53.2 Å². The number of esters is 1. The summed E-state index contributed by atoms with van der Waals surface area (Å²) < 4.78 is 15.7. The lowest BCUT2D eigenvalue weighted by Gasteiger charge is -2.07. The summed E-state index contributed by atoms with van der Waals surface area (Å²) in [5.74, 6) is 0.927. The number of cyclic esters (lactones) is 1. The van der Waals surface area contributed by atoms with Crippen LogP contribution in [0.2, 0.25) is 5.02 Å². The first-order chi connectivity index (χ1) is 11.6. The van der Waals surface area contributed by atoms with E-state index in [1.807, 2.05) is 0 Å². The van der Waals surface area contributed by atoms with Crippen LogP contribution in [-0.4, -0.2) is 26.1 Å². The zero-order valence-corrected chi connectivity index (χ0v) is 13.8. The maximum absolute atomic E-state index is 12.1. The van der Waals surface area contributed by atoms with E-state index in [4.69, 9.17) is 25.8 Å². The van der Waals surface area contributed by atoms with E-state index in [1.54, 1.807) is 62.8 Å². The van der Waals surface area contributed by atoms with Crippen LogP contribution in [0.5, 0.6) is 11.5 Å². The van der Waals surface area contributed by atoms with Crippen LogP contribution in [0.25, 0.3) is 6.08 Å². The second-order valence-electron chi connectivity index (χ2n) is 4.95. The minimum absolute atomic E-state index is 0.188. The van der Waals surface area contributed by atoms with Gasteiger partial charge in [0.1, 0.15) is 11.5 Å². The summed E-state index contributed by atoms with van der Waals surface area (Å²) in [6.45, 7) is 0. The minimum Gasteiger partial charge on any atom is -0.497 e. The number of hydrogen-bond acceptors (Lipinski definition) is 5. The number of nitrogens with zero attached hydrogens (tertiary/aromatic N) is 1. The summed E-state index contributed by atoms with van der Waals surface area (Å²) >= 11 is 5.96. The highest BCUT2D eigenvalue weighted by molar-refractivity contribution is 6.31. The van der Waals surface area contributed by atoms with Crippen molar-refractivity contribution in [2.75, 3.05) is 14.2 Å². The molecular formula is C18H14ClNO4. The highest BCUT2D eigenvalue weighted by Crippen LogP contribution is 2.28. The molecule has 0 spiro atoms. The summed E-state index contributed by atoms with van der Waals surface area (Å²) in [5, 5.41) is 0.542. The van der Waals surface area contributed by atoms with Crippen molar-refractivity contribution in [1.82, 2.24) is 0 Å². The second kappa shape index (κ2) is 6.76. The topological polar surface area (TPSA) is 57.1 Å². The maximum Gasteiger partial charge on any atom is 0.363 e. The number of aliphatic imine (C=N–C) groups is 1. The van der Waals surface area contributed by atoms with E-state index in [0.29, 0.717) is 27.6 Å². The average Bonchev–Trinajstić information content (AvgIpc) is 2.96. The molecule has 0 aliphatic carbocycles. The number of ether oxygens (including phenoxy) is 3. The Kier molecular flexibility index (Phi) is 4.53. The van der Waals surface area contributed by atoms with Crippen LogP contribution in [0.4, 0.5) is 0 Å². The number of hydrogen-bond donors (Lipinski definition) is 0. The van der Waals surface area contributed by atoms with E-state index in [9.17, 15) is 4.79 Å². The van der Waals surface area contributed by atoms with Gasteiger partial charge in [0.2, 0.25) is 5.90 Å². The standard InChI is InChI=1S/C18H14ClNO4/c1-22-14-7-6-11(16(10-14)23-2)9-15-18(21)24-17(20-15)12-4-3-5-13(19)8-12/h3-10H,1-2H3/b15-9-. The molecule has 0 atom stereocenters. The van der Waals surface area contributed by atoms with Crippen molar-refractivity contribution < 1.29 is 19.0 Å². The molecule has 5 nitrogen and oxygen atoms in total. The van der Waals surface area contributed by atoms with Crippen molar-refractivity contribution >= 4 is 29.5 Å². The Morgan fingerprint density at radius 3 is 2.67 bits per heavy atom. The molecule has 6 heteroatoms. The normalized spacial score (nSPS) is 15.2. The molecule has 122 valence electrons. The summed E-state index contributed by atoms with van der Waals surface area (Å²) in [5.41, 5.74) is 1.52. The molecule has 1 heterocycles. The molecule has 0 N–H and O–H groups in total. The van der Waals surface area contributed by atoms with Gasteiger partial charge in [0.05, 0.1) is 14.2 Å². The average molecular weight is 344 g/mol. The van der Waals surface area contributed by atoms with Crippen molar-refractivity contribution in [1.29, 1.82) is 0 Å². The largest absolute Gasteiger partial charge is 0.497 e. The molecule has 1 aliphatic heterocycles. The summed E-state index contributed by atoms with van der Waals surface area (Å²) in [4.78, 5) is 16.3. The van der Waals surface area contributed by atoms with E-state index in [-0.39, 0.29) is 11.6 Å². The van der Waals surface area contributed by atoms with Crippen LogP contribution >= 0.6 is 11.6 Å². The summed E-state index contributed by atoms with van der Waals surface area (Å²) in [6.07, 6.45) is 1.61. The Bertz CT molecular complexity index is 858. The monoisotopic (exact) mass is 343 g/mol. The van der Waals surface area contributed by atoms with Gasteiger partial charge in [-0.25, -0.2) is 9.79 Å². The second-order valence-corrected chi connectivity index (χ2v) is 5.39. The third-order valence-electron chi connectivity index (χ3n) is 3.42. The van der Waals surface area contributed by atoms with Gasteiger partial charge < -0.3 is 14.2 Å². The van der Waals surface area contributed by atoms with Gasteiger partial charge in [-0.05, 0) is 36.4 Å².